The number of carbonyl (C=O) groups excluding carboxylic acids is 2. The van der Waals surface area contributed by atoms with Crippen LogP contribution in [-0.2, 0) is 9.53 Å². The van der Waals surface area contributed by atoms with Gasteiger partial charge in [-0.25, -0.2) is 9.18 Å². The molecule has 23 heavy (non-hydrogen) atoms. The zero-order valence-corrected chi connectivity index (χ0v) is 12.8. The van der Waals surface area contributed by atoms with Crippen molar-refractivity contribution in [1.82, 2.24) is 10.6 Å². The monoisotopic (exact) mass is 321 g/mol. The molecule has 1 aromatic carbocycles. The molecule has 0 spiro atoms. The van der Waals surface area contributed by atoms with Gasteiger partial charge in [0, 0.05) is 31.8 Å². The molecule has 2 fully saturated rings. The third-order valence-electron chi connectivity index (χ3n) is 4.09. The topological polar surface area (TPSA) is 70.7 Å². The van der Waals surface area contributed by atoms with Crippen LogP contribution in [0.5, 0.6) is 0 Å². The maximum Gasteiger partial charge on any atom is 0.315 e. The third kappa shape index (κ3) is 3.98. The van der Waals surface area contributed by atoms with Crippen molar-refractivity contribution in [3.8, 4) is 0 Å². The number of carbonyl (C=O) groups is 2. The van der Waals surface area contributed by atoms with Crippen LogP contribution < -0.4 is 15.5 Å². The van der Waals surface area contributed by atoms with Gasteiger partial charge in [-0.05, 0) is 31.0 Å². The van der Waals surface area contributed by atoms with Crippen LogP contribution in [0, 0.1) is 5.82 Å². The molecule has 2 N–H and O–H groups in total. The molecule has 1 aromatic rings. The molecule has 0 saturated carbocycles. The maximum absolute atomic E-state index is 13.3. The van der Waals surface area contributed by atoms with Gasteiger partial charge < -0.3 is 20.3 Å². The lowest BCUT2D eigenvalue weighted by atomic mass is 10.2. The fourth-order valence-electron chi connectivity index (χ4n) is 2.95. The molecule has 0 radical (unpaired) electrons. The number of ether oxygens (including phenoxy) is 1. The van der Waals surface area contributed by atoms with Gasteiger partial charge in [0.05, 0.1) is 12.1 Å². The minimum Gasteiger partial charge on any atom is -0.376 e. The smallest absolute Gasteiger partial charge is 0.315 e. The molecule has 2 aliphatic heterocycles. The second-order valence-electron chi connectivity index (χ2n) is 5.87. The van der Waals surface area contributed by atoms with Gasteiger partial charge in [0.15, 0.2) is 0 Å². The largest absolute Gasteiger partial charge is 0.376 e. The molecule has 6 nitrogen and oxygen atoms in total. The molecule has 2 unspecified atom stereocenters. The number of urea groups is 1. The number of anilines is 1. The number of halogens is 1. The SMILES string of the molecule is O=C(NCC1CCCO1)NC1CC(=O)N(c2cccc(F)c2)C1. The summed E-state index contributed by atoms with van der Waals surface area (Å²) in [4.78, 5) is 25.4. The molecule has 3 rings (SSSR count). The zero-order valence-electron chi connectivity index (χ0n) is 12.8. The molecule has 3 amide bonds. The second kappa shape index (κ2) is 6.95. The van der Waals surface area contributed by atoms with Crippen LogP contribution in [0.1, 0.15) is 19.3 Å². The van der Waals surface area contributed by atoms with Gasteiger partial charge >= 0.3 is 6.03 Å². The number of hydrogen-bond acceptors (Lipinski definition) is 3. The summed E-state index contributed by atoms with van der Waals surface area (Å²) < 4.78 is 18.7. The zero-order chi connectivity index (χ0) is 16.2. The molecular formula is C16H20FN3O3. The van der Waals surface area contributed by atoms with E-state index in [0.29, 0.717) is 18.8 Å². The van der Waals surface area contributed by atoms with E-state index in [2.05, 4.69) is 10.6 Å². The van der Waals surface area contributed by atoms with E-state index in [1.165, 1.54) is 17.0 Å². The van der Waals surface area contributed by atoms with Crippen LogP contribution in [-0.4, -0.2) is 43.8 Å². The van der Waals surface area contributed by atoms with E-state index in [1.807, 2.05) is 0 Å². The highest BCUT2D eigenvalue weighted by Crippen LogP contribution is 2.22. The summed E-state index contributed by atoms with van der Waals surface area (Å²) in [5.41, 5.74) is 0.513. The molecule has 2 saturated heterocycles. The number of rotatable bonds is 4. The van der Waals surface area contributed by atoms with E-state index in [4.69, 9.17) is 4.74 Å². The Bertz CT molecular complexity index is 590. The van der Waals surface area contributed by atoms with Crippen LogP contribution in [0.3, 0.4) is 0 Å². The van der Waals surface area contributed by atoms with E-state index in [9.17, 15) is 14.0 Å². The van der Waals surface area contributed by atoms with E-state index >= 15 is 0 Å². The average molecular weight is 321 g/mol. The molecule has 2 aliphatic rings. The summed E-state index contributed by atoms with van der Waals surface area (Å²) in [6.45, 7) is 1.56. The lowest BCUT2D eigenvalue weighted by molar-refractivity contribution is -0.117. The van der Waals surface area contributed by atoms with Crippen LogP contribution in [0.15, 0.2) is 24.3 Å². The first-order chi connectivity index (χ1) is 11.1. The van der Waals surface area contributed by atoms with Gasteiger partial charge in [-0.1, -0.05) is 6.07 Å². The Hall–Kier alpha value is -2.15. The van der Waals surface area contributed by atoms with Gasteiger partial charge in [0.25, 0.3) is 0 Å². The maximum atomic E-state index is 13.3. The standard InChI is InChI=1S/C16H20FN3O3/c17-11-3-1-4-13(7-11)20-10-12(8-15(20)21)19-16(22)18-9-14-5-2-6-23-14/h1,3-4,7,12,14H,2,5-6,8-10H2,(H2,18,19,22). The van der Waals surface area contributed by atoms with Gasteiger partial charge in [0.2, 0.25) is 5.91 Å². The quantitative estimate of drug-likeness (QED) is 0.881. The number of amides is 3. The summed E-state index contributed by atoms with van der Waals surface area (Å²) in [5.74, 6) is -0.513. The molecule has 124 valence electrons. The Labute approximate surface area is 134 Å². The summed E-state index contributed by atoms with van der Waals surface area (Å²) in [7, 11) is 0. The summed E-state index contributed by atoms with van der Waals surface area (Å²) in [6.07, 6.45) is 2.27. The highest BCUT2D eigenvalue weighted by atomic mass is 19.1. The van der Waals surface area contributed by atoms with Crippen molar-refractivity contribution in [3.63, 3.8) is 0 Å². The molecule has 2 heterocycles. The molecule has 0 aromatic heterocycles. The molecule has 0 aliphatic carbocycles. The van der Waals surface area contributed by atoms with Crippen molar-refractivity contribution in [2.75, 3.05) is 24.6 Å². The highest BCUT2D eigenvalue weighted by molar-refractivity contribution is 5.96. The predicted molar refractivity (Wildman–Crippen MR) is 82.7 cm³/mol. The van der Waals surface area contributed by atoms with Crippen molar-refractivity contribution in [2.24, 2.45) is 0 Å². The number of nitrogens with one attached hydrogen (secondary N) is 2. The van der Waals surface area contributed by atoms with Gasteiger partial charge in [-0.2, -0.15) is 0 Å². The summed E-state index contributed by atoms with van der Waals surface area (Å²) in [6, 6.07) is 5.30. The Morgan fingerprint density at radius 3 is 3.04 bits per heavy atom. The number of nitrogens with zero attached hydrogens (tertiary/aromatic N) is 1. The Morgan fingerprint density at radius 2 is 2.30 bits per heavy atom. The van der Waals surface area contributed by atoms with Crippen LogP contribution in [0.25, 0.3) is 0 Å². The minimum absolute atomic E-state index is 0.0785. The average Bonchev–Trinajstić information content (AvgIpc) is 3.15. The van der Waals surface area contributed by atoms with Gasteiger partial charge in [0.1, 0.15) is 5.82 Å². The lowest BCUT2D eigenvalue weighted by Crippen LogP contribution is -2.45. The fourth-order valence-corrected chi connectivity index (χ4v) is 2.95. The van der Waals surface area contributed by atoms with E-state index in [1.54, 1.807) is 12.1 Å². The van der Waals surface area contributed by atoms with Crippen LogP contribution in [0.4, 0.5) is 14.9 Å². The number of benzene rings is 1. The van der Waals surface area contributed by atoms with Crippen molar-refractivity contribution >= 4 is 17.6 Å². The van der Waals surface area contributed by atoms with Crippen molar-refractivity contribution in [3.05, 3.63) is 30.1 Å². The highest BCUT2D eigenvalue weighted by Gasteiger charge is 2.31. The third-order valence-corrected chi connectivity index (χ3v) is 4.09. The fraction of sp³-hybridized carbons (Fsp3) is 0.500. The van der Waals surface area contributed by atoms with Crippen molar-refractivity contribution in [1.29, 1.82) is 0 Å². The summed E-state index contributed by atoms with van der Waals surface area (Å²) in [5, 5.41) is 5.55. The van der Waals surface area contributed by atoms with E-state index < -0.39 is 0 Å². The van der Waals surface area contributed by atoms with E-state index in [0.717, 1.165) is 19.4 Å². The van der Waals surface area contributed by atoms with Gasteiger partial charge in [-0.3, -0.25) is 4.79 Å². The molecule has 2 atom stereocenters. The second-order valence-corrected chi connectivity index (χ2v) is 5.87. The lowest BCUT2D eigenvalue weighted by Gasteiger charge is -2.18. The van der Waals surface area contributed by atoms with Crippen molar-refractivity contribution < 1.29 is 18.7 Å². The van der Waals surface area contributed by atoms with Crippen LogP contribution in [0.2, 0.25) is 0 Å². The minimum atomic E-state index is -0.388. The molecule has 0 bridgehead atoms. The first-order valence-corrected chi connectivity index (χ1v) is 7.84. The number of hydrogen-bond donors (Lipinski definition) is 2. The Kier molecular flexibility index (Phi) is 4.76. The first kappa shape index (κ1) is 15.7. The van der Waals surface area contributed by atoms with Gasteiger partial charge in [-0.15, -0.1) is 0 Å². The van der Waals surface area contributed by atoms with E-state index in [-0.39, 0.29) is 36.3 Å². The predicted octanol–water partition coefficient (Wildman–Crippen LogP) is 1.41. The first-order valence-electron chi connectivity index (χ1n) is 7.84. The van der Waals surface area contributed by atoms with Crippen LogP contribution >= 0.6 is 0 Å². The molecular weight excluding hydrogens is 301 g/mol. The van der Waals surface area contributed by atoms with Crippen molar-refractivity contribution in [2.45, 2.75) is 31.4 Å². The normalized spacial score (nSPS) is 24.0. The Morgan fingerprint density at radius 1 is 1.43 bits per heavy atom. The summed E-state index contributed by atoms with van der Waals surface area (Å²) >= 11 is 0. The molecule has 7 heteroatoms. The Balaban J connectivity index is 1.50.